The van der Waals surface area contributed by atoms with E-state index in [2.05, 4.69) is 10.3 Å². The summed E-state index contributed by atoms with van der Waals surface area (Å²) in [5.41, 5.74) is 6.42. The number of nitrogens with two attached hydrogens (primary N) is 1. The standard InChI is InChI=1S/C9H15N3OS.2ClH/c1-5-4-14-9(11-5)7(3)12-8(13)6(2)10;;/h4,6-7H,10H2,1-3H3,(H,12,13);2*1H/t6-,7?;;/m0../s1. The topological polar surface area (TPSA) is 68.0 Å². The van der Waals surface area contributed by atoms with Gasteiger partial charge in [0.25, 0.3) is 0 Å². The summed E-state index contributed by atoms with van der Waals surface area (Å²) in [6.07, 6.45) is 0. The lowest BCUT2D eigenvalue weighted by molar-refractivity contribution is -0.122. The van der Waals surface area contributed by atoms with Gasteiger partial charge in [0.2, 0.25) is 5.91 Å². The van der Waals surface area contributed by atoms with E-state index in [4.69, 9.17) is 5.73 Å². The zero-order valence-electron chi connectivity index (χ0n) is 9.39. The van der Waals surface area contributed by atoms with Crippen LogP contribution in [0.5, 0.6) is 0 Å². The van der Waals surface area contributed by atoms with E-state index in [1.54, 1.807) is 18.3 Å². The van der Waals surface area contributed by atoms with Crippen molar-refractivity contribution in [1.29, 1.82) is 0 Å². The number of nitrogens with zero attached hydrogens (tertiary/aromatic N) is 1. The Morgan fingerprint density at radius 3 is 2.44 bits per heavy atom. The maximum Gasteiger partial charge on any atom is 0.237 e. The highest BCUT2D eigenvalue weighted by atomic mass is 35.5. The Hall–Kier alpha value is -0.360. The molecule has 0 aliphatic heterocycles. The highest BCUT2D eigenvalue weighted by molar-refractivity contribution is 7.09. The lowest BCUT2D eigenvalue weighted by Crippen LogP contribution is -2.39. The zero-order chi connectivity index (χ0) is 10.7. The second-order valence-corrected chi connectivity index (χ2v) is 4.24. The van der Waals surface area contributed by atoms with Gasteiger partial charge in [-0.15, -0.1) is 36.2 Å². The molecular formula is C9H17Cl2N3OS. The number of carbonyl (C=O) groups excluding carboxylic acids is 1. The molecule has 0 aromatic carbocycles. The molecule has 1 unspecified atom stereocenters. The van der Waals surface area contributed by atoms with Crippen molar-refractivity contribution in [3.8, 4) is 0 Å². The van der Waals surface area contributed by atoms with Gasteiger partial charge in [-0.25, -0.2) is 4.98 Å². The Morgan fingerprint density at radius 2 is 2.06 bits per heavy atom. The summed E-state index contributed by atoms with van der Waals surface area (Å²) < 4.78 is 0. The summed E-state index contributed by atoms with van der Waals surface area (Å²) in [6.45, 7) is 5.49. The van der Waals surface area contributed by atoms with Crippen molar-refractivity contribution in [2.75, 3.05) is 0 Å². The SMILES string of the molecule is Cc1csc(C(C)NC(=O)[C@H](C)N)n1.Cl.Cl. The average Bonchev–Trinajstić information content (AvgIpc) is 2.51. The molecule has 0 fully saturated rings. The summed E-state index contributed by atoms with van der Waals surface area (Å²) in [6, 6.07) is -0.536. The fourth-order valence-electron chi connectivity index (χ4n) is 0.978. The molecule has 4 nitrogen and oxygen atoms in total. The lowest BCUT2D eigenvalue weighted by Gasteiger charge is -2.12. The smallest absolute Gasteiger partial charge is 0.237 e. The van der Waals surface area contributed by atoms with Gasteiger partial charge in [-0.05, 0) is 20.8 Å². The van der Waals surface area contributed by atoms with E-state index in [0.29, 0.717) is 0 Å². The molecule has 3 N–H and O–H groups in total. The van der Waals surface area contributed by atoms with E-state index in [-0.39, 0.29) is 36.8 Å². The Balaban J connectivity index is 0. The van der Waals surface area contributed by atoms with E-state index in [1.807, 2.05) is 19.2 Å². The Bertz CT molecular complexity index is 330. The molecule has 1 heterocycles. The number of rotatable bonds is 3. The summed E-state index contributed by atoms with van der Waals surface area (Å²) >= 11 is 1.54. The number of thiazole rings is 1. The highest BCUT2D eigenvalue weighted by Gasteiger charge is 2.14. The number of carbonyl (C=O) groups is 1. The third-order valence-corrected chi connectivity index (χ3v) is 2.92. The van der Waals surface area contributed by atoms with Gasteiger partial charge in [0.15, 0.2) is 0 Å². The zero-order valence-corrected chi connectivity index (χ0v) is 11.8. The molecule has 1 aromatic heterocycles. The van der Waals surface area contributed by atoms with E-state index in [0.717, 1.165) is 10.7 Å². The minimum Gasteiger partial charge on any atom is -0.346 e. The first-order valence-electron chi connectivity index (χ1n) is 4.48. The lowest BCUT2D eigenvalue weighted by atomic mass is 10.3. The molecule has 94 valence electrons. The molecule has 0 radical (unpaired) electrons. The average molecular weight is 286 g/mol. The molecule has 16 heavy (non-hydrogen) atoms. The Morgan fingerprint density at radius 1 is 1.50 bits per heavy atom. The van der Waals surface area contributed by atoms with Crippen molar-refractivity contribution in [2.45, 2.75) is 32.9 Å². The maximum absolute atomic E-state index is 11.3. The van der Waals surface area contributed by atoms with Gasteiger partial charge in [-0.2, -0.15) is 0 Å². The van der Waals surface area contributed by atoms with Crippen LogP contribution in [0.15, 0.2) is 5.38 Å². The first kappa shape index (κ1) is 18.0. The van der Waals surface area contributed by atoms with Crippen LogP contribution >= 0.6 is 36.2 Å². The van der Waals surface area contributed by atoms with E-state index in [1.165, 1.54) is 0 Å². The third kappa shape index (κ3) is 5.12. The molecule has 0 saturated heterocycles. The predicted octanol–water partition coefficient (Wildman–Crippen LogP) is 1.82. The number of aromatic nitrogens is 1. The third-order valence-electron chi connectivity index (χ3n) is 1.78. The molecule has 1 rings (SSSR count). The molecule has 1 aromatic rings. The van der Waals surface area contributed by atoms with E-state index < -0.39 is 6.04 Å². The van der Waals surface area contributed by atoms with Gasteiger partial charge < -0.3 is 11.1 Å². The molecule has 0 saturated carbocycles. The van der Waals surface area contributed by atoms with Gasteiger partial charge in [-0.1, -0.05) is 0 Å². The summed E-state index contributed by atoms with van der Waals surface area (Å²) in [5.74, 6) is -0.148. The monoisotopic (exact) mass is 285 g/mol. The maximum atomic E-state index is 11.3. The number of aryl methyl sites for hydroxylation is 1. The summed E-state index contributed by atoms with van der Waals surface area (Å²) in [5, 5.41) is 5.67. The second kappa shape index (κ2) is 7.84. The molecule has 0 bridgehead atoms. The van der Waals surface area contributed by atoms with Crippen LogP contribution in [0, 0.1) is 6.92 Å². The quantitative estimate of drug-likeness (QED) is 0.890. The van der Waals surface area contributed by atoms with Crippen molar-refractivity contribution in [1.82, 2.24) is 10.3 Å². The van der Waals surface area contributed by atoms with Gasteiger partial charge in [-0.3, -0.25) is 4.79 Å². The second-order valence-electron chi connectivity index (χ2n) is 3.35. The molecule has 0 aliphatic rings. The van der Waals surface area contributed by atoms with Gasteiger partial charge in [0.1, 0.15) is 5.01 Å². The van der Waals surface area contributed by atoms with Crippen LogP contribution in [0.4, 0.5) is 0 Å². The van der Waals surface area contributed by atoms with Crippen LogP contribution in [0.2, 0.25) is 0 Å². The number of amides is 1. The minimum absolute atomic E-state index is 0. The van der Waals surface area contributed by atoms with Gasteiger partial charge in [0.05, 0.1) is 12.1 Å². The predicted molar refractivity (Wildman–Crippen MR) is 71.6 cm³/mol. The van der Waals surface area contributed by atoms with Crippen molar-refractivity contribution in [3.63, 3.8) is 0 Å². The number of hydrogen-bond acceptors (Lipinski definition) is 4. The normalized spacial score (nSPS) is 13.0. The molecule has 0 spiro atoms. The van der Waals surface area contributed by atoms with Crippen LogP contribution < -0.4 is 11.1 Å². The van der Waals surface area contributed by atoms with Crippen molar-refractivity contribution < 1.29 is 4.79 Å². The fraction of sp³-hybridized carbons (Fsp3) is 0.556. The van der Waals surface area contributed by atoms with E-state index in [9.17, 15) is 4.79 Å². The van der Waals surface area contributed by atoms with Crippen molar-refractivity contribution in [2.24, 2.45) is 5.73 Å². The van der Waals surface area contributed by atoms with Crippen LogP contribution in [0.1, 0.15) is 30.6 Å². The Kier molecular flexibility index (Phi) is 8.83. The first-order chi connectivity index (χ1) is 6.50. The van der Waals surface area contributed by atoms with Crippen molar-refractivity contribution >= 4 is 42.1 Å². The molecule has 0 aliphatic carbocycles. The first-order valence-corrected chi connectivity index (χ1v) is 5.36. The Labute approximate surface area is 112 Å². The van der Waals surface area contributed by atoms with Crippen LogP contribution in [-0.4, -0.2) is 16.9 Å². The van der Waals surface area contributed by atoms with Gasteiger partial charge >= 0.3 is 0 Å². The largest absolute Gasteiger partial charge is 0.346 e. The number of halogens is 2. The van der Waals surface area contributed by atoms with E-state index >= 15 is 0 Å². The molecular weight excluding hydrogens is 269 g/mol. The fourth-order valence-corrected chi connectivity index (χ4v) is 1.78. The minimum atomic E-state index is -0.474. The van der Waals surface area contributed by atoms with Crippen LogP contribution in [-0.2, 0) is 4.79 Å². The van der Waals surface area contributed by atoms with Crippen molar-refractivity contribution in [3.05, 3.63) is 16.1 Å². The van der Waals surface area contributed by atoms with Crippen LogP contribution in [0.3, 0.4) is 0 Å². The number of nitrogens with one attached hydrogen (secondary N) is 1. The molecule has 2 atom stereocenters. The number of hydrogen-bond donors (Lipinski definition) is 2. The van der Waals surface area contributed by atoms with Crippen LogP contribution in [0.25, 0.3) is 0 Å². The summed E-state index contributed by atoms with van der Waals surface area (Å²) in [4.78, 5) is 15.6. The van der Waals surface area contributed by atoms with Gasteiger partial charge in [0, 0.05) is 11.1 Å². The highest BCUT2D eigenvalue weighted by Crippen LogP contribution is 2.17. The summed E-state index contributed by atoms with van der Waals surface area (Å²) in [7, 11) is 0. The molecule has 1 amide bonds. The molecule has 7 heteroatoms.